The van der Waals surface area contributed by atoms with Gasteiger partial charge >= 0.3 is 0 Å². The normalized spacial score (nSPS) is 14.8. The minimum absolute atomic E-state index is 0.169. The molecule has 0 spiro atoms. The molecule has 8 nitrogen and oxygen atoms in total. The number of aryl methyl sites for hydroxylation is 1. The van der Waals surface area contributed by atoms with Crippen LogP contribution in [-0.4, -0.2) is 54.9 Å². The van der Waals surface area contributed by atoms with Crippen LogP contribution >= 0.6 is 0 Å². The van der Waals surface area contributed by atoms with E-state index in [1.54, 1.807) is 33.4 Å². The van der Waals surface area contributed by atoms with E-state index in [2.05, 4.69) is 27.4 Å². The third kappa shape index (κ3) is 5.22. The Bertz CT molecular complexity index is 1190. The number of nitrogens with one attached hydrogen (secondary N) is 1. The summed E-state index contributed by atoms with van der Waals surface area (Å²) in [5.74, 6) is 1.95. The molecule has 0 radical (unpaired) electrons. The van der Waals surface area contributed by atoms with E-state index in [-0.39, 0.29) is 17.2 Å². The average Bonchev–Trinajstić information content (AvgIpc) is 2.89. The van der Waals surface area contributed by atoms with Gasteiger partial charge in [0.15, 0.2) is 5.69 Å². The van der Waals surface area contributed by atoms with Crippen molar-refractivity contribution in [1.29, 1.82) is 0 Å². The molecule has 3 aromatic rings. The van der Waals surface area contributed by atoms with Gasteiger partial charge in [0.1, 0.15) is 11.5 Å². The second-order valence-corrected chi connectivity index (χ2v) is 8.74. The molecule has 8 heteroatoms. The molecular weight excluding hydrogens is 432 g/mol. The van der Waals surface area contributed by atoms with E-state index in [9.17, 15) is 9.59 Å². The molecule has 2 heterocycles. The van der Waals surface area contributed by atoms with Gasteiger partial charge in [0.05, 0.1) is 26.3 Å². The fraction of sp³-hybridized carbons (Fsp3) is 0.423. The summed E-state index contributed by atoms with van der Waals surface area (Å²) >= 11 is 0. The molecule has 34 heavy (non-hydrogen) atoms. The third-order valence-corrected chi connectivity index (χ3v) is 6.60. The van der Waals surface area contributed by atoms with Gasteiger partial charge < -0.3 is 14.8 Å². The lowest BCUT2D eigenvalue weighted by molar-refractivity contribution is 0.0953. The highest BCUT2D eigenvalue weighted by molar-refractivity contribution is 6.04. The monoisotopic (exact) mass is 464 g/mol. The number of nitrogens with zero attached hydrogens (tertiary/aromatic N) is 3. The van der Waals surface area contributed by atoms with E-state index in [1.165, 1.54) is 10.2 Å². The molecule has 0 unspecified atom stereocenters. The number of carbonyl (C=O) groups is 1. The van der Waals surface area contributed by atoms with E-state index >= 15 is 0 Å². The fourth-order valence-corrected chi connectivity index (χ4v) is 4.60. The summed E-state index contributed by atoms with van der Waals surface area (Å²) in [5.41, 5.74) is 1.32. The number of carbonyl (C=O) groups excluding carboxylic acids is 1. The SMILES string of the molecule is CNC(=O)c1nn(CN2CCC(CCc3cc(OC)cc(OC)c3)CC2)c(=O)c2ccccc12. The van der Waals surface area contributed by atoms with Crippen LogP contribution in [0.3, 0.4) is 0 Å². The largest absolute Gasteiger partial charge is 0.497 e. The number of aromatic nitrogens is 2. The van der Waals surface area contributed by atoms with Gasteiger partial charge in [-0.15, -0.1) is 0 Å². The Labute approximate surface area is 199 Å². The van der Waals surface area contributed by atoms with Crippen LogP contribution in [0.2, 0.25) is 0 Å². The Kier molecular flexibility index (Phi) is 7.47. The van der Waals surface area contributed by atoms with E-state index < -0.39 is 0 Å². The van der Waals surface area contributed by atoms with Crippen LogP contribution in [0.4, 0.5) is 0 Å². The molecule has 180 valence electrons. The molecule has 4 rings (SSSR count). The minimum Gasteiger partial charge on any atom is -0.497 e. The number of hydrogen-bond acceptors (Lipinski definition) is 6. The van der Waals surface area contributed by atoms with Crippen molar-refractivity contribution in [3.63, 3.8) is 0 Å². The molecule has 0 aliphatic carbocycles. The van der Waals surface area contributed by atoms with E-state index in [1.807, 2.05) is 18.2 Å². The average molecular weight is 465 g/mol. The zero-order valence-electron chi connectivity index (χ0n) is 20.0. The van der Waals surface area contributed by atoms with Gasteiger partial charge in [-0.2, -0.15) is 5.10 Å². The van der Waals surface area contributed by atoms with Gasteiger partial charge in [0.2, 0.25) is 0 Å². The first-order valence-corrected chi connectivity index (χ1v) is 11.7. The molecule has 1 aliphatic rings. The van der Waals surface area contributed by atoms with Crippen molar-refractivity contribution < 1.29 is 14.3 Å². The highest BCUT2D eigenvalue weighted by Gasteiger charge is 2.22. The van der Waals surface area contributed by atoms with Crippen LogP contribution in [-0.2, 0) is 13.1 Å². The summed E-state index contributed by atoms with van der Waals surface area (Å²) in [6, 6.07) is 13.2. The topological polar surface area (TPSA) is 85.7 Å². The Balaban J connectivity index is 1.39. The van der Waals surface area contributed by atoms with Gasteiger partial charge in [-0.1, -0.05) is 18.2 Å². The number of methoxy groups -OCH3 is 2. The van der Waals surface area contributed by atoms with Crippen LogP contribution in [0.5, 0.6) is 11.5 Å². The Morgan fingerprint density at radius 1 is 1.06 bits per heavy atom. The Morgan fingerprint density at radius 2 is 1.71 bits per heavy atom. The van der Waals surface area contributed by atoms with Crippen molar-refractivity contribution in [2.75, 3.05) is 34.4 Å². The molecule has 1 amide bonds. The van der Waals surface area contributed by atoms with E-state index in [4.69, 9.17) is 9.47 Å². The Morgan fingerprint density at radius 3 is 2.32 bits per heavy atom. The molecule has 1 aliphatic heterocycles. The zero-order chi connectivity index (χ0) is 24.1. The maximum absolute atomic E-state index is 13.0. The standard InChI is InChI=1S/C26H32N4O4/c1-27-25(31)24-22-6-4-5-7-23(22)26(32)30(28-24)17-29-12-10-18(11-13-29)8-9-19-14-20(33-2)16-21(15-19)34-3/h4-7,14-16,18H,8-13,17H2,1-3H3,(H,27,31). The van der Waals surface area contributed by atoms with Crippen molar-refractivity contribution >= 4 is 16.7 Å². The number of likely N-dealkylation sites (tertiary alicyclic amines) is 1. The van der Waals surface area contributed by atoms with Crippen LogP contribution in [0.1, 0.15) is 35.3 Å². The van der Waals surface area contributed by atoms with Gasteiger partial charge in [0, 0.05) is 31.6 Å². The highest BCUT2D eigenvalue weighted by atomic mass is 16.5. The lowest BCUT2D eigenvalue weighted by Gasteiger charge is -2.32. The van der Waals surface area contributed by atoms with Crippen molar-refractivity contribution in [2.24, 2.45) is 5.92 Å². The molecule has 1 aromatic heterocycles. The van der Waals surface area contributed by atoms with Crippen LogP contribution in [0, 0.1) is 5.92 Å². The Hall–Kier alpha value is -3.39. The summed E-state index contributed by atoms with van der Waals surface area (Å²) in [7, 11) is 4.91. The lowest BCUT2D eigenvalue weighted by atomic mass is 9.90. The molecule has 0 bridgehead atoms. The highest BCUT2D eigenvalue weighted by Crippen LogP contribution is 2.27. The fourth-order valence-electron chi connectivity index (χ4n) is 4.60. The van der Waals surface area contributed by atoms with Gasteiger partial charge in [-0.05, 0) is 55.4 Å². The molecule has 2 aromatic carbocycles. The van der Waals surface area contributed by atoms with Crippen molar-refractivity contribution in [3.8, 4) is 11.5 Å². The molecule has 1 saturated heterocycles. The number of ether oxygens (including phenoxy) is 2. The number of rotatable bonds is 8. The van der Waals surface area contributed by atoms with Gasteiger partial charge in [-0.25, -0.2) is 4.68 Å². The van der Waals surface area contributed by atoms with Crippen molar-refractivity contribution in [1.82, 2.24) is 20.0 Å². The summed E-state index contributed by atoms with van der Waals surface area (Å²) in [6.07, 6.45) is 4.19. The second kappa shape index (κ2) is 10.7. The third-order valence-electron chi connectivity index (χ3n) is 6.60. The summed E-state index contributed by atoms with van der Waals surface area (Å²) in [4.78, 5) is 27.6. The number of benzene rings is 2. The quantitative estimate of drug-likeness (QED) is 0.552. The predicted molar refractivity (Wildman–Crippen MR) is 132 cm³/mol. The number of amides is 1. The molecule has 1 fully saturated rings. The van der Waals surface area contributed by atoms with Crippen molar-refractivity contribution in [2.45, 2.75) is 32.4 Å². The zero-order valence-corrected chi connectivity index (χ0v) is 20.0. The van der Waals surface area contributed by atoms with Crippen LogP contribution < -0.4 is 20.3 Å². The maximum Gasteiger partial charge on any atom is 0.275 e. The maximum atomic E-state index is 13.0. The summed E-state index contributed by atoms with van der Waals surface area (Å²) in [5, 5.41) is 8.14. The molecular formula is C26H32N4O4. The summed E-state index contributed by atoms with van der Waals surface area (Å²) in [6.45, 7) is 2.16. The minimum atomic E-state index is -0.294. The molecule has 0 atom stereocenters. The second-order valence-electron chi connectivity index (χ2n) is 8.74. The molecule has 1 N–H and O–H groups in total. The number of piperidine rings is 1. The summed E-state index contributed by atoms with van der Waals surface area (Å²) < 4.78 is 12.2. The first kappa shape index (κ1) is 23.8. The predicted octanol–water partition coefficient (Wildman–Crippen LogP) is 3.08. The lowest BCUT2D eigenvalue weighted by Crippen LogP contribution is -2.40. The number of hydrogen-bond donors (Lipinski definition) is 1. The smallest absolute Gasteiger partial charge is 0.275 e. The number of fused-ring (bicyclic) bond motifs is 1. The van der Waals surface area contributed by atoms with Gasteiger partial charge in [-0.3, -0.25) is 14.5 Å². The van der Waals surface area contributed by atoms with E-state index in [0.29, 0.717) is 23.4 Å². The van der Waals surface area contributed by atoms with Crippen LogP contribution in [0.25, 0.3) is 10.8 Å². The van der Waals surface area contributed by atoms with E-state index in [0.717, 1.165) is 50.3 Å². The first-order valence-electron chi connectivity index (χ1n) is 11.7. The van der Waals surface area contributed by atoms with Gasteiger partial charge in [0.25, 0.3) is 11.5 Å². The van der Waals surface area contributed by atoms with Crippen LogP contribution in [0.15, 0.2) is 47.3 Å². The first-order chi connectivity index (χ1) is 16.5. The molecule has 0 saturated carbocycles. The van der Waals surface area contributed by atoms with Crippen molar-refractivity contribution in [3.05, 3.63) is 64.1 Å².